The third-order valence-corrected chi connectivity index (χ3v) is 10.4. The topological polar surface area (TPSA) is 153 Å². The number of imidazole rings is 1. The molecular weight excluding hydrogens is 492 g/mol. The van der Waals surface area contributed by atoms with Crippen LogP contribution in [0.3, 0.4) is 0 Å². The molecule has 2 unspecified atom stereocenters. The number of carbonyl (C=O) groups is 1. The van der Waals surface area contributed by atoms with E-state index in [0.29, 0.717) is 46.3 Å². The summed E-state index contributed by atoms with van der Waals surface area (Å²) in [6, 6.07) is 5.11. The highest BCUT2D eigenvalue weighted by Gasteiger charge is 2.60. The molecule has 1 saturated carbocycles. The summed E-state index contributed by atoms with van der Waals surface area (Å²) in [6.07, 6.45) is 4.14. The molecule has 3 aromatic heterocycles. The fourth-order valence-electron chi connectivity index (χ4n) is 4.78. The van der Waals surface area contributed by atoms with Crippen molar-refractivity contribution in [2.24, 2.45) is 5.73 Å². The monoisotopic (exact) mass is 516 g/mol. The van der Waals surface area contributed by atoms with Gasteiger partial charge in [-0.25, -0.2) is 18.4 Å². The number of aromatic nitrogens is 3. The van der Waals surface area contributed by atoms with Gasteiger partial charge in [-0.2, -0.15) is 0 Å². The smallest absolute Gasteiger partial charge is 0.276 e. The molecule has 4 heterocycles. The number of nitrogens with two attached hydrogens (primary N) is 1. The highest BCUT2D eigenvalue weighted by molar-refractivity contribution is 7.94. The van der Waals surface area contributed by atoms with E-state index in [4.69, 9.17) is 27.5 Å². The van der Waals surface area contributed by atoms with Crippen molar-refractivity contribution < 1.29 is 17.9 Å². The number of nitrogens with one attached hydrogen (secondary N) is 2. The van der Waals surface area contributed by atoms with E-state index < -0.39 is 31.7 Å². The minimum atomic E-state index is -3.74. The highest BCUT2D eigenvalue weighted by Crippen LogP contribution is 2.49. The molecule has 1 amide bonds. The zero-order chi connectivity index (χ0) is 25.1. The first-order chi connectivity index (χ1) is 16.5. The molecule has 35 heavy (non-hydrogen) atoms. The lowest BCUT2D eigenvalue weighted by Gasteiger charge is -2.26. The largest absolute Gasteiger partial charge is 0.477 e. The van der Waals surface area contributed by atoms with Gasteiger partial charge in [-0.05, 0) is 44.4 Å². The van der Waals surface area contributed by atoms with Gasteiger partial charge in [0.15, 0.2) is 9.84 Å². The predicted octanol–water partition coefficient (Wildman–Crippen LogP) is 3.08. The Morgan fingerprint density at radius 2 is 2.11 bits per heavy atom. The maximum Gasteiger partial charge on any atom is 0.276 e. The van der Waals surface area contributed by atoms with Gasteiger partial charge in [0.25, 0.3) is 5.91 Å². The summed E-state index contributed by atoms with van der Waals surface area (Å²) in [4.78, 5) is 21.8. The van der Waals surface area contributed by atoms with Crippen LogP contribution in [0.15, 0.2) is 30.6 Å². The minimum absolute atomic E-state index is 0.178. The first-order valence-corrected chi connectivity index (χ1v) is 13.1. The quantitative estimate of drug-likeness (QED) is 0.348. The molecule has 0 spiro atoms. The Kier molecular flexibility index (Phi) is 5.52. The molecule has 0 radical (unpaired) electrons. The number of carbonyl (C=O) groups excluding carboxylic acids is 1. The first kappa shape index (κ1) is 23.6. The second kappa shape index (κ2) is 8.20. The number of rotatable bonds is 5. The Balaban J connectivity index is 1.45. The summed E-state index contributed by atoms with van der Waals surface area (Å²) in [7, 11) is -3.74. The number of halogens is 1. The summed E-state index contributed by atoms with van der Waals surface area (Å²) in [5.74, 6) is -0.875. The molecule has 184 valence electrons. The van der Waals surface area contributed by atoms with E-state index in [2.05, 4.69) is 15.3 Å². The normalized spacial score (nSPS) is 21.0. The number of amidine groups is 1. The number of ether oxygens (including phenoxy) is 1. The van der Waals surface area contributed by atoms with E-state index in [1.165, 1.54) is 6.20 Å². The van der Waals surface area contributed by atoms with E-state index in [0.717, 1.165) is 0 Å². The Bertz CT molecular complexity index is 1480. The molecule has 12 heteroatoms. The second-order valence-electron chi connectivity index (χ2n) is 9.11. The van der Waals surface area contributed by atoms with Crippen LogP contribution in [0, 0.1) is 12.3 Å². The number of fused-ring (bicyclic) bond motifs is 2. The summed E-state index contributed by atoms with van der Waals surface area (Å²) in [5.41, 5.74) is 8.11. The molecule has 2 aliphatic rings. The molecule has 10 nitrogen and oxygen atoms in total. The SMILES string of the molecule is Cc1c(C(=O)Nc2cnc3c(c2)C(C)C(S(=O)(=O)C2(C(=N)N)CC2)CCO3)nc2ccc(Cl)cn12. The first-order valence-electron chi connectivity index (χ1n) is 11.2. The number of nitrogens with zero attached hydrogens (tertiary/aromatic N) is 3. The summed E-state index contributed by atoms with van der Waals surface area (Å²) in [5, 5.41) is 10.4. The third-order valence-electron chi connectivity index (χ3n) is 7.00. The van der Waals surface area contributed by atoms with Crippen molar-refractivity contribution in [3.8, 4) is 5.88 Å². The molecule has 0 bridgehead atoms. The number of hydrogen-bond donors (Lipinski definition) is 3. The van der Waals surface area contributed by atoms with Crippen molar-refractivity contribution in [2.75, 3.05) is 11.9 Å². The average molecular weight is 517 g/mol. The zero-order valence-corrected chi connectivity index (χ0v) is 20.8. The lowest BCUT2D eigenvalue weighted by molar-refractivity contribution is 0.102. The third kappa shape index (κ3) is 3.73. The van der Waals surface area contributed by atoms with Crippen molar-refractivity contribution in [1.29, 1.82) is 5.41 Å². The van der Waals surface area contributed by atoms with Gasteiger partial charge in [0.1, 0.15) is 21.9 Å². The Hall–Kier alpha value is -3.18. The fourth-order valence-corrected chi connectivity index (χ4v) is 7.59. The number of sulfone groups is 1. The number of amides is 1. The lowest BCUT2D eigenvalue weighted by atomic mass is 9.97. The van der Waals surface area contributed by atoms with Crippen LogP contribution in [0.2, 0.25) is 5.02 Å². The van der Waals surface area contributed by atoms with E-state index in [-0.39, 0.29) is 24.6 Å². The van der Waals surface area contributed by atoms with Crippen molar-refractivity contribution in [1.82, 2.24) is 14.4 Å². The van der Waals surface area contributed by atoms with Crippen LogP contribution in [0.1, 0.15) is 53.8 Å². The van der Waals surface area contributed by atoms with Crippen LogP contribution in [-0.2, 0) is 9.84 Å². The zero-order valence-electron chi connectivity index (χ0n) is 19.2. The van der Waals surface area contributed by atoms with Crippen LogP contribution >= 0.6 is 11.6 Å². The van der Waals surface area contributed by atoms with E-state index in [9.17, 15) is 13.2 Å². The van der Waals surface area contributed by atoms with Gasteiger partial charge in [-0.1, -0.05) is 18.5 Å². The van der Waals surface area contributed by atoms with Gasteiger partial charge in [0.05, 0.1) is 34.5 Å². The molecule has 0 aromatic carbocycles. The molecule has 0 saturated heterocycles. The highest BCUT2D eigenvalue weighted by atomic mass is 35.5. The summed E-state index contributed by atoms with van der Waals surface area (Å²) in [6.45, 7) is 3.75. The molecule has 2 atom stereocenters. The van der Waals surface area contributed by atoms with Gasteiger partial charge in [-0.3, -0.25) is 10.2 Å². The van der Waals surface area contributed by atoms with Crippen molar-refractivity contribution in [3.05, 3.63) is 52.6 Å². The maximum absolute atomic E-state index is 13.5. The molecule has 1 aliphatic carbocycles. The lowest BCUT2D eigenvalue weighted by Crippen LogP contribution is -2.44. The van der Waals surface area contributed by atoms with E-state index >= 15 is 0 Å². The number of hydrogen-bond acceptors (Lipinski definition) is 7. The Labute approximate surface area is 207 Å². The molecule has 5 rings (SSSR count). The van der Waals surface area contributed by atoms with Crippen LogP contribution in [0.5, 0.6) is 5.88 Å². The van der Waals surface area contributed by atoms with Crippen molar-refractivity contribution in [3.63, 3.8) is 0 Å². The van der Waals surface area contributed by atoms with Gasteiger partial charge in [0, 0.05) is 17.7 Å². The molecule has 1 fully saturated rings. The van der Waals surface area contributed by atoms with Crippen LogP contribution < -0.4 is 15.8 Å². The number of aryl methyl sites for hydroxylation is 1. The van der Waals surface area contributed by atoms with Gasteiger partial charge in [0.2, 0.25) is 5.88 Å². The van der Waals surface area contributed by atoms with Crippen molar-refractivity contribution >= 4 is 44.5 Å². The maximum atomic E-state index is 13.5. The van der Waals surface area contributed by atoms with Gasteiger partial charge < -0.3 is 20.2 Å². The van der Waals surface area contributed by atoms with E-state index in [1.807, 2.05) is 0 Å². The molecule has 4 N–H and O–H groups in total. The summed E-state index contributed by atoms with van der Waals surface area (Å²) < 4.78 is 33.2. The fraction of sp³-hybridized carbons (Fsp3) is 0.391. The molecule has 3 aromatic rings. The van der Waals surface area contributed by atoms with Gasteiger partial charge in [-0.15, -0.1) is 0 Å². The Morgan fingerprint density at radius 3 is 2.80 bits per heavy atom. The average Bonchev–Trinajstić information content (AvgIpc) is 3.59. The van der Waals surface area contributed by atoms with Crippen LogP contribution in [-0.4, -0.2) is 51.1 Å². The minimum Gasteiger partial charge on any atom is -0.477 e. The number of anilines is 1. The number of pyridine rings is 2. The van der Waals surface area contributed by atoms with Gasteiger partial charge >= 0.3 is 0 Å². The molecule has 1 aliphatic heterocycles. The van der Waals surface area contributed by atoms with Crippen LogP contribution in [0.4, 0.5) is 5.69 Å². The molecular formula is C23H25ClN6O4S. The van der Waals surface area contributed by atoms with E-state index in [1.54, 1.807) is 42.6 Å². The second-order valence-corrected chi connectivity index (χ2v) is 12.0. The van der Waals surface area contributed by atoms with Crippen molar-refractivity contribution in [2.45, 2.75) is 49.0 Å². The summed E-state index contributed by atoms with van der Waals surface area (Å²) >= 11 is 6.07. The standard InChI is InChI=1S/C23H25ClN6O4S/c1-12-16-9-15(28-20(31)19-13(2)30-11-14(24)3-4-18(30)29-19)10-27-21(16)34-8-5-17(12)35(32,33)23(6-7-23)22(25)26/h3-4,9-12,17H,5-8H2,1-2H3,(H3,25,26)(H,28,31). The van der Waals surface area contributed by atoms with Crippen LogP contribution in [0.25, 0.3) is 5.65 Å². The Morgan fingerprint density at radius 1 is 1.37 bits per heavy atom. The predicted molar refractivity (Wildman–Crippen MR) is 132 cm³/mol.